The zero-order valence-corrected chi connectivity index (χ0v) is 26.0. The van der Waals surface area contributed by atoms with Gasteiger partial charge in [0, 0.05) is 18.7 Å². The van der Waals surface area contributed by atoms with E-state index in [1.54, 1.807) is 61.7 Å². The van der Waals surface area contributed by atoms with Gasteiger partial charge in [-0.15, -0.1) is 0 Å². The van der Waals surface area contributed by atoms with E-state index in [-0.39, 0.29) is 29.1 Å². The highest BCUT2D eigenvalue weighted by Crippen LogP contribution is 2.28. The zero-order valence-electron chi connectivity index (χ0n) is 25.2. The summed E-state index contributed by atoms with van der Waals surface area (Å²) in [6, 6.07) is 19.3. The number of amides is 2. The third-order valence-corrected chi connectivity index (χ3v) is 8.89. The molecule has 0 heterocycles. The van der Waals surface area contributed by atoms with Crippen molar-refractivity contribution < 1.29 is 27.5 Å². The van der Waals surface area contributed by atoms with Gasteiger partial charge in [-0.05, 0) is 68.7 Å². The van der Waals surface area contributed by atoms with Gasteiger partial charge in [-0.1, -0.05) is 49.7 Å². The van der Waals surface area contributed by atoms with Crippen LogP contribution in [-0.4, -0.2) is 58.0 Å². The fourth-order valence-electron chi connectivity index (χ4n) is 4.46. The summed E-state index contributed by atoms with van der Waals surface area (Å²) in [6.07, 6.45) is 1.06. The topological polar surface area (TPSA) is 105 Å². The lowest BCUT2D eigenvalue weighted by Gasteiger charge is -2.33. The molecule has 226 valence electrons. The van der Waals surface area contributed by atoms with Gasteiger partial charge in [-0.25, -0.2) is 8.42 Å². The van der Waals surface area contributed by atoms with Crippen LogP contribution >= 0.6 is 0 Å². The van der Waals surface area contributed by atoms with E-state index in [0.717, 1.165) is 21.9 Å². The molecule has 2 atom stereocenters. The molecule has 0 saturated carbocycles. The Morgan fingerprint density at radius 2 is 1.50 bits per heavy atom. The van der Waals surface area contributed by atoms with E-state index >= 15 is 0 Å². The van der Waals surface area contributed by atoms with Crippen LogP contribution in [0, 0.1) is 6.92 Å². The number of rotatable bonds is 14. The number of sulfonamides is 1. The lowest BCUT2D eigenvalue weighted by atomic mass is 10.1. The Morgan fingerprint density at radius 3 is 2.10 bits per heavy atom. The maximum absolute atomic E-state index is 14.2. The van der Waals surface area contributed by atoms with Crippen LogP contribution in [0.3, 0.4) is 0 Å². The minimum atomic E-state index is -4.17. The molecule has 0 aliphatic rings. The van der Waals surface area contributed by atoms with E-state index in [2.05, 4.69) is 5.32 Å². The highest BCUT2D eigenvalue weighted by atomic mass is 32.2. The van der Waals surface area contributed by atoms with Gasteiger partial charge >= 0.3 is 0 Å². The first-order valence-corrected chi connectivity index (χ1v) is 15.4. The van der Waals surface area contributed by atoms with Crippen LogP contribution in [0.5, 0.6) is 11.5 Å². The van der Waals surface area contributed by atoms with Gasteiger partial charge < -0.3 is 19.7 Å². The normalized spacial score (nSPS) is 12.6. The molecule has 3 aromatic carbocycles. The molecule has 2 unspecified atom stereocenters. The van der Waals surface area contributed by atoms with Gasteiger partial charge in [0.25, 0.3) is 10.0 Å². The van der Waals surface area contributed by atoms with Crippen LogP contribution < -0.4 is 19.1 Å². The lowest BCUT2D eigenvalue weighted by Crippen LogP contribution is -2.53. The van der Waals surface area contributed by atoms with Crippen LogP contribution in [0.2, 0.25) is 0 Å². The van der Waals surface area contributed by atoms with E-state index in [0.29, 0.717) is 17.9 Å². The summed E-state index contributed by atoms with van der Waals surface area (Å²) >= 11 is 0. The molecule has 0 spiro atoms. The number of methoxy groups -OCH3 is 2. The number of aryl methyl sites for hydroxylation is 1. The second-order valence-electron chi connectivity index (χ2n) is 10.1. The summed E-state index contributed by atoms with van der Waals surface area (Å²) < 4.78 is 39.8. The number of anilines is 1. The smallest absolute Gasteiger partial charge is 0.264 e. The first kappa shape index (κ1) is 32.5. The maximum atomic E-state index is 14.2. The minimum Gasteiger partial charge on any atom is -0.497 e. The van der Waals surface area contributed by atoms with E-state index in [9.17, 15) is 18.0 Å². The maximum Gasteiger partial charge on any atom is 0.264 e. The summed E-state index contributed by atoms with van der Waals surface area (Å²) in [5.74, 6) is 0.230. The SMILES string of the molecule is CCC(C)NC(=O)C(CC)N(Cc1cccc(OC)c1)C(=O)CN(c1cccc(OC)c1)S(=O)(=O)c1ccc(C)cc1. The lowest BCUT2D eigenvalue weighted by molar-refractivity contribution is -0.140. The molecule has 0 radical (unpaired) electrons. The number of carbonyl (C=O) groups is 2. The van der Waals surface area contributed by atoms with Crippen molar-refractivity contribution in [1.82, 2.24) is 10.2 Å². The molecule has 0 saturated heterocycles. The van der Waals surface area contributed by atoms with Gasteiger partial charge in [-0.3, -0.25) is 13.9 Å². The monoisotopic (exact) mass is 595 g/mol. The summed E-state index contributed by atoms with van der Waals surface area (Å²) in [5, 5.41) is 2.98. The number of hydrogen-bond donors (Lipinski definition) is 1. The average molecular weight is 596 g/mol. The van der Waals surface area contributed by atoms with Crippen LogP contribution in [0.15, 0.2) is 77.7 Å². The van der Waals surface area contributed by atoms with Crippen molar-refractivity contribution in [3.8, 4) is 11.5 Å². The molecule has 3 rings (SSSR count). The quantitative estimate of drug-likeness (QED) is 0.283. The van der Waals surface area contributed by atoms with Crippen molar-refractivity contribution >= 4 is 27.5 Å². The van der Waals surface area contributed by atoms with Crippen molar-refractivity contribution in [2.24, 2.45) is 0 Å². The third-order valence-electron chi connectivity index (χ3n) is 7.10. The second-order valence-corrected chi connectivity index (χ2v) is 12.0. The fraction of sp³-hybridized carbons (Fsp3) is 0.375. The highest BCUT2D eigenvalue weighted by Gasteiger charge is 2.34. The summed E-state index contributed by atoms with van der Waals surface area (Å²) in [5.41, 5.74) is 1.91. The molecule has 0 bridgehead atoms. The summed E-state index contributed by atoms with van der Waals surface area (Å²) in [6.45, 7) is 7.12. The molecular formula is C32H41N3O6S. The standard InChI is InChI=1S/C32H41N3O6S/c1-7-24(4)33-32(37)30(8-2)34(21-25-11-9-13-27(19-25)40-5)31(36)22-35(26-12-10-14-28(20-26)41-6)42(38,39)29-17-15-23(3)16-18-29/h9-20,24,30H,7-8,21-22H2,1-6H3,(H,33,37). The van der Waals surface area contributed by atoms with Gasteiger partial charge in [-0.2, -0.15) is 0 Å². The largest absolute Gasteiger partial charge is 0.497 e. The Labute approximate surface area is 249 Å². The second kappa shape index (κ2) is 14.7. The van der Waals surface area contributed by atoms with Crippen molar-refractivity contribution in [3.63, 3.8) is 0 Å². The number of hydrogen-bond acceptors (Lipinski definition) is 6. The number of carbonyl (C=O) groups excluding carboxylic acids is 2. The fourth-order valence-corrected chi connectivity index (χ4v) is 5.87. The van der Waals surface area contributed by atoms with E-state index < -0.39 is 28.5 Å². The minimum absolute atomic E-state index is 0.0459. The highest BCUT2D eigenvalue weighted by molar-refractivity contribution is 7.92. The Hall–Kier alpha value is -4.05. The van der Waals surface area contributed by atoms with Gasteiger partial charge in [0.15, 0.2) is 0 Å². The Balaban J connectivity index is 2.09. The molecule has 1 N–H and O–H groups in total. The van der Waals surface area contributed by atoms with Crippen LogP contribution in [-0.2, 0) is 26.2 Å². The zero-order chi connectivity index (χ0) is 30.9. The molecule has 0 fully saturated rings. The molecule has 9 nitrogen and oxygen atoms in total. The Morgan fingerprint density at radius 1 is 0.881 bits per heavy atom. The predicted octanol–water partition coefficient (Wildman–Crippen LogP) is 4.93. The Bertz CT molecular complexity index is 1460. The van der Waals surface area contributed by atoms with Crippen molar-refractivity contribution in [1.29, 1.82) is 0 Å². The number of ether oxygens (including phenoxy) is 2. The first-order chi connectivity index (χ1) is 20.0. The van der Waals surface area contributed by atoms with Gasteiger partial charge in [0.1, 0.15) is 24.1 Å². The molecule has 3 aromatic rings. The van der Waals surface area contributed by atoms with E-state index in [1.807, 2.05) is 33.8 Å². The molecule has 0 aromatic heterocycles. The third kappa shape index (κ3) is 8.03. The van der Waals surface area contributed by atoms with Crippen LogP contribution in [0.25, 0.3) is 0 Å². The van der Waals surface area contributed by atoms with Gasteiger partial charge in [0.05, 0.1) is 24.8 Å². The van der Waals surface area contributed by atoms with Crippen molar-refractivity contribution in [2.75, 3.05) is 25.1 Å². The number of nitrogens with one attached hydrogen (secondary N) is 1. The van der Waals surface area contributed by atoms with Crippen LogP contribution in [0.4, 0.5) is 5.69 Å². The number of benzene rings is 3. The van der Waals surface area contributed by atoms with E-state index in [4.69, 9.17) is 9.47 Å². The summed E-state index contributed by atoms with van der Waals surface area (Å²) in [7, 11) is -1.13. The molecular weight excluding hydrogens is 554 g/mol. The van der Waals surface area contributed by atoms with E-state index in [1.165, 1.54) is 24.1 Å². The molecule has 0 aliphatic heterocycles. The summed E-state index contributed by atoms with van der Waals surface area (Å²) in [4.78, 5) is 29.1. The van der Waals surface area contributed by atoms with Crippen LogP contribution in [0.1, 0.15) is 44.7 Å². The molecule has 2 amide bonds. The van der Waals surface area contributed by atoms with Gasteiger partial charge in [0.2, 0.25) is 11.8 Å². The molecule has 42 heavy (non-hydrogen) atoms. The number of nitrogens with zero attached hydrogens (tertiary/aromatic N) is 2. The molecule has 10 heteroatoms. The van der Waals surface area contributed by atoms with Crippen molar-refractivity contribution in [3.05, 3.63) is 83.9 Å². The first-order valence-electron chi connectivity index (χ1n) is 14.0. The predicted molar refractivity (Wildman–Crippen MR) is 164 cm³/mol. The Kier molecular flexibility index (Phi) is 11.4. The average Bonchev–Trinajstić information content (AvgIpc) is 2.99. The van der Waals surface area contributed by atoms with Crippen molar-refractivity contribution in [2.45, 2.75) is 64.1 Å². The molecule has 0 aliphatic carbocycles.